The number of hydrogen-bond acceptors (Lipinski definition) is 5. The lowest BCUT2D eigenvalue weighted by molar-refractivity contribution is -0.155. The Labute approximate surface area is 184 Å². The lowest BCUT2D eigenvalue weighted by Gasteiger charge is -2.32. The number of carbonyl (C=O) groups excluding carboxylic acids is 4. The van der Waals surface area contributed by atoms with Crippen LogP contribution in [0, 0.1) is 11.8 Å². The molecule has 0 bridgehead atoms. The zero-order valence-corrected chi connectivity index (χ0v) is 18.8. The number of ether oxygens (including phenoxy) is 1. The molecule has 1 fully saturated rings. The molecule has 0 aromatic heterocycles. The van der Waals surface area contributed by atoms with Crippen LogP contribution < -0.4 is 5.32 Å². The number of rotatable bonds is 10. The number of piperidine rings is 1. The number of aryl methyl sites for hydroxylation is 1. The minimum absolute atomic E-state index is 0.112. The molecule has 1 aliphatic heterocycles. The van der Waals surface area contributed by atoms with Gasteiger partial charge in [0, 0.05) is 25.4 Å². The molecule has 1 unspecified atom stereocenters. The second-order valence-corrected chi connectivity index (χ2v) is 8.31. The number of amides is 2. The molecule has 1 aliphatic rings. The predicted octanol–water partition coefficient (Wildman–Crippen LogP) is 2.52. The standard InChI is InChI=1S/C24H34N2O5/c1-4-31-24(30)22(28)21(17(2)3)25-23(29)19-13-15-26(16-14-19)20(27)12-8-11-18-9-6-5-7-10-18/h5-7,9-10,17,19,21H,4,8,11-16H2,1-3H3,(H,25,29). The zero-order chi connectivity index (χ0) is 22.8. The second kappa shape index (κ2) is 12.2. The molecule has 0 spiro atoms. The van der Waals surface area contributed by atoms with Gasteiger partial charge >= 0.3 is 5.97 Å². The van der Waals surface area contributed by atoms with Gasteiger partial charge in [-0.3, -0.25) is 14.4 Å². The van der Waals surface area contributed by atoms with Crippen LogP contribution in [0.2, 0.25) is 0 Å². The number of nitrogens with one attached hydrogen (secondary N) is 1. The first-order chi connectivity index (χ1) is 14.8. The van der Waals surface area contributed by atoms with Crippen LogP contribution in [0.15, 0.2) is 30.3 Å². The molecule has 170 valence electrons. The van der Waals surface area contributed by atoms with Gasteiger partial charge in [0.15, 0.2) is 0 Å². The maximum Gasteiger partial charge on any atom is 0.376 e. The maximum absolute atomic E-state index is 12.7. The van der Waals surface area contributed by atoms with Crippen molar-refractivity contribution in [2.75, 3.05) is 19.7 Å². The molecule has 1 N–H and O–H groups in total. The van der Waals surface area contributed by atoms with Crippen LogP contribution in [-0.2, 0) is 30.3 Å². The monoisotopic (exact) mass is 430 g/mol. The quantitative estimate of drug-likeness (QED) is 0.455. The van der Waals surface area contributed by atoms with E-state index in [1.165, 1.54) is 5.56 Å². The SMILES string of the molecule is CCOC(=O)C(=O)C(NC(=O)C1CCN(C(=O)CCCc2ccccc2)CC1)C(C)C. The largest absolute Gasteiger partial charge is 0.460 e. The van der Waals surface area contributed by atoms with Gasteiger partial charge in [-0.05, 0) is 44.1 Å². The normalized spacial score (nSPS) is 15.4. The lowest BCUT2D eigenvalue weighted by atomic mass is 9.93. The summed E-state index contributed by atoms with van der Waals surface area (Å²) in [4.78, 5) is 51.1. The highest BCUT2D eigenvalue weighted by molar-refractivity contribution is 6.36. The molecule has 2 rings (SSSR count). The van der Waals surface area contributed by atoms with E-state index in [0.717, 1.165) is 12.8 Å². The number of ketones is 1. The fourth-order valence-corrected chi connectivity index (χ4v) is 3.77. The second-order valence-electron chi connectivity index (χ2n) is 8.31. The molecule has 31 heavy (non-hydrogen) atoms. The summed E-state index contributed by atoms with van der Waals surface area (Å²) in [5, 5.41) is 2.73. The number of carbonyl (C=O) groups is 4. The maximum atomic E-state index is 12.7. The first kappa shape index (κ1) is 24.6. The van der Waals surface area contributed by atoms with Gasteiger partial charge in [0.05, 0.1) is 6.61 Å². The molecule has 7 nitrogen and oxygen atoms in total. The van der Waals surface area contributed by atoms with Gasteiger partial charge in [-0.1, -0.05) is 44.2 Å². The van der Waals surface area contributed by atoms with Crippen LogP contribution in [0.5, 0.6) is 0 Å². The summed E-state index contributed by atoms with van der Waals surface area (Å²) in [6, 6.07) is 9.20. The zero-order valence-electron chi connectivity index (χ0n) is 18.8. The van der Waals surface area contributed by atoms with E-state index in [4.69, 9.17) is 4.74 Å². The van der Waals surface area contributed by atoms with Crippen molar-refractivity contribution in [3.63, 3.8) is 0 Å². The van der Waals surface area contributed by atoms with Gasteiger partial charge in [0.2, 0.25) is 11.8 Å². The van der Waals surface area contributed by atoms with Gasteiger partial charge in [0.25, 0.3) is 5.78 Å². The topological polar surface area (TPSA) is 92.8 Å². The van der Waals surface area contributed by atoms with Crippen LogP contribution in [0.4, 0.5) is 0 Å². The first-order valence-electron chi connectivity index (χ1n) is 11.2. The van der Waals surface area contributed by atoms with Crippen molar-refractivity contribution >= 4 is 23.6 Å². The highest BCUT2D eigenvalue weighted by atomic mass is 16.5. The average molecular weight is 431 g/mol. The Balaban J connectivity index is 1.78. The molecule has 0 radical (unpaired) electrons. The van der Waals surface area contributed by atoms with Crippen molar-refractivity contribution in [2.45, 2.75) is 58.9 Å². The Kier molecular flexibility index (Phi) is 9.69. The number of benzene rings is 1. The van der Waals surface area contributed by atoms with Crippen molar-refractivity contribution in [2.24, 2.45) is 11.8 Å². The fourth-order valence-electron chi connectivity index (χ4n) is 3.77. The number of esters is 1. The molecule has 0 aliphatic carbocycles. The van der Waals surface area contributed by atoms with Crippen LogP contribution in [0.3, 0.4) is 0 Å². The number of likely N-dealkylation sites (tertiary alicyclic amines) is 1. The summed E-state index contributed by atoms with van der Waals surface area (Å²) < 4.78 is 4.78. The van der Waals surface area contributed by atoms with E-state index in [-0.39, 0.29) is 30.3 Å². The molecular weight excluding hydrogens is 396 g/mol. The van der Waals surface area contributed by atoms with Crippen molar-refractivity contribution < 1.29 is 23.9 Å². The Morgan fingerprint density at radius 1 is 1.10 bits per heavy atom. The van der Waals surface area contributed by atoms with E-state index in [1.807, 2.05) is 23.1 Å². The molecule has 7 heteroatoms. The lowest BCUT2D eigenvalue weighted by Crippen LogP contribution is -2.51. The molecule has 1 aromatic carbocycles. The Morgan fingerprint density at radius 3 is 2.32 bits per heavy atom. The molecule has 0 saturated carbocycles. The van der Waals surface area contributed by atoms with E-state index in [2.05, 4.69) is 17.4 Å². The van der Waals surface area contributed by atoms with Crippen molar-refractivity contribution in [1.82, 2.24) is 10.2 Å². The third-order valence-corrected chi connectivity index (χ3v) is 5.64. The van der Waals surface area contributed by atoms with Crippen LogP contribution >= 0.6 is 0 Å². The summed E-state index contributed by atoms with van der Waals surface area (Å²) in [7, 11) is 0. The van der Waals surface area contributed by atoms with Crippen LogP contribution in [0.25, 0.3) is 0 Å². The average Bonchev–Trinajstić information content (AvgIpc) is 2.77. The van der Waals surface area contributed by atoms with Gasteiger partial charge in [-0.25, -0.2) is 4.79 Å². The fraction of sp³-hybridized carbons (Fsp3) is 0.583. The van der Waals surface area contributed by atoms with Gasteiger partial charge in [-0.2, -0.15) is 0 Å². The van der Waals surface area contributed by atoms with Crippen LogP contribution in [0.1, 0.15) is 52.0 Å². The minimum atomic E-state index is -0.919. The molecule has 2 amide bonds. The molecule has 1 atom stereocenters. The van der Waals surface area contributed by atoms with Gasteiger partial charge in [0.1, 0.15) is 6.04 Å². The summed E-state index contributed by atoms with van der Waals surface area (Å²) in [5.41, 5.74) is 1.22. The Morgan fingerprint density at radius 2 is 1.74 bits per heavy atom. The third-order valence-electron chi connectivity index (χ3n) is 5.64. The number of hydrogen-bond donors (Lipinski definition) is 1. The Bertz CT molecular complexity index is 754. The van der Waals surface area contributed by atoms with E-state index < -0.39 is 17.8 Å². The number of nitrogens with zero attached hydrogens (tertiary/aromatic N) is 1. The number of Topliss-reactive ketones (excluding diaryl/α,β-unsaturated/α-hetero) is 1. The highest BCUT2D eigenvalue weighted by Crippen LogP contribution is 2.20. The van der Waals surface area contributed by atoms with Gasteiger partial charge < -0.3 is 15.0 Å². The van der Waals surface area contributed by atoms with E-state index >= 15 is 0 Å². The van der Waals surface area contributed by atoms with E-state index in [1.54, 1.807) is 20.8 Å². The van der Waals surface area contributed by atoms with Crippen molar-refractivity contribution in [3.8, 4) is 0 Å². The molecule has 1 aromatic rings. The van der Waals surface area contributed by atoms with E-state index in [0.29, 0.717) is 32.4 Å². The minimum Gasteiger partial charge on any atom is -0.460 e. The summed E-state index contributed by atoms with van der Waals surface area (Å²) >= 11 is 0. The molecular formula is C24H34N2O5. The Hall–Kier alpha value is -2.70. The third kappa shape index (κ3) is 7.49. The van der Waals surface area contributed by atoms with Gasteiger partial charge in [-0.15, -0.1) is 0 Å². The molecule has 1 saturated heterocycles. The van der Waals surface area contributed by atoms with Crippen molar-refractivity contribution in [1.29, 1.82) is 0 Å². The molecule has 1 heterocycles. The van der Waals surface area contributed by atoms with Crippen molar-refractivity contribution in [3.05, 3.63) is 35.9 Å². The predicted molar refractivity (Wildman–Crippen MR) is 117 cm³/mol. The smallest absolute Gasteiger partial charge is 0.376 e. The summed E-state index contributed by atoms with van der Waals surface area (Å²) in [5.74, 6) is -2.27. The van der Waals surface area contributed by atoms with Crippen LogP contribution in [-0.4, -0.2) is 54.2 Å². The van der Waals surface area contributed by atoms with E-state index in [9.17, 15) is 19.2 Å². The summed E-state index contributed by atoms with van der Waals surface area (Å²) in [6.07, 6.45) is 3.27. The highest BCUT2D eigenvalue weighted by Gasteiger charge is 2.34. The summed E-state index contributed by atoms with van der Waals surface area (Å²) in [6.45, 7) is 6.35. The first-order valence-corrected chi connectivity index (χ1v) is 11.2.